The van der Waals surface area contributed by atoms with Gasteiger partial charge in [0, 0.05) is 44.8 Å². The monoisotopic (exact) mass is 399 g/mol. The topological polar surface area (TPSA) is 37.2 Å². The Bertz CT molecular complexity index is 920. The summed E-state index contributed by atoms with van der Waals surface area (Å²) in [6, 6.07) is 14.5. The zero-order valence-corrected chi connectivity index (χ0v) is 16.4. The number of hydrogen-bond acceptors (Lipinski definition) is 4. The van der Waals surface area contributed by atoms with Crippen LogP contribution in [0.15, 0.2) is 54.7 Å². The molecule has 0 radical (unpaired) electrons. The summed E-state index contributed by atoms with van der Waals surface area (Å²) in [4.78, 5) is 4.82. The predicted molar refractivity (Wildman–Crippen MR) is 110 cm³/mol. The molecule has 1 aliphatic heterocycles. The summed E-state index contributed by atoms with van der Waals surface area (Å²) < 4.78 is 15.2. The molecular formula is C21H23ClFN5. The van der Waals surface area contributed by atoms with E-state index in [1.54, 1.807) is 6.07 Å². The molecule has 146 valence electrons. The Morgan fingerprint density at radius 2 is 1.79 bits per heavy atom. The van der Waals surface area contributed by atoms with E-state index in [0.717, 1.165) is 62.0 Å². The molecule has 1 saturated heterocycles. The van der Waals surface area contributed by atoms with Gasteiger partial charge in [-0.3, -0.25) is 9.58 Å². The van der Waals surface area contributed by atoms with Crippen molar-refractivity contribution in [3.05, 3.63) is 65.6 Å². The van der Waals surface area contributed by atoms with Gasteiger partial charge in [0.15, 0.2) is 0 Å². The number of aryl methyl sites for hydroxylation is 1. The SMILES string of the molecule is Fc1cccc(-c2cn(CCCN3CCN(c4ccccc4Cl)CC3)nn2)c1. The molecule has 4 rings (SSSR count). The summed E-state index contributed by atoms with van der Waals surface area (Å²) in [6.45, 7) is 5.83. The van der Waals surface area contributed by atoms with Crippen molar-refractivity contribution in [3.8, 4) is 11.3 Å². The van der Waals surface area contributed by atoms with E-state index in [4.69, 9.17) is 11.6 Å². The molecule has 1 fully saturated rings. The molecule has 0 N–H and O–H groups in total. The molecule has 1 aliphatic rings. The number of piperazine rings is 1. The Morgan fingerprint density at radius 3 is 2.57 bits per heavy atom. The van der Waals surface area contributed by atoms with E-state index in [1.807, 2.05) is 35.1 Å². The molecule has 0 unspecified atom stereocenters. The van der Waals surface area contributed by atoms with E-state index < -0.39 is 0 Å². The highest BCUT2D eigenvalue weighted by molar-refractivity contribution is 6.33. The van der Waals surface area contributed by atoms with E-state index >= 15 is 0 Å². The van der Waals surface area contributed by atoms with E-state index in [-0.39, 0.29) is 5.82 Å². The van der Waals surface area contributed by atoms with Crippen molar-refractivity contribution in [1.82, 2.24) is 19.9 Å². The Hall–Kier alpha value is -2.44. The fourth-order valence-corrected chi connectivity index (χ4v) is 3.82. The molecule has 5 nitrogen and oxygen atoms in total. The molecule has 2 aromatic carbocycles. The van der Waals surface area contributed by atoms with Gasteiger partial charge < -0.3 is 4.90 Å². The van der Waals surface area contributed by atoms with Crippen molar-refractivity contribution in [3.63, 3.8) is 0 Å². The van der Waals surface area contributed by atoms with Crippen molar-refractivity contribution >= 4 is 17.3 Å². The van der Waals surface area contributed by atoms with Crippen LogP contribution in [0, 0.1) is 5.82 Å². The van der Waals surface area contributed by atoms with Gasteiger partial charge in [0.2, 0.25) is 0 Å². The van der Waals surface area contributed by atoms with Crippen molar-refractivity contribution in [2.45, 2.75) is 13.0 Å². The van der Waals surface area contributed by atoms with E-state index in [0.29, 0.717) is 5.69 Å². The zero-order valence-electron chi connectivity index (χ0n) is 15.6. The number of nitrogens with zero attached hydrogens (tertiary/aromatic N) is 5. The van der Waals surface area contributed by atoms with Crippen LogP contribution in [0.25, 0.3) is 11.3 Å². The lowest BCUT2D eigenvalue weighted by Gasteiger charge is -2.36. The van der Waals surface area contributed by atoms with Gasteiger partial charge in [-0.05, 0) is 30.7 Å². The first kappa shape index (κ1) is 18.9. The largest absolute Gasteiger partial charge is 0.368 e. The van der Waals surface area contributed by atoms with Crippen LogP contribution in [0.5, 0.6) is 0 Å². The van der Waals surface area contributed by atoms with Gasteiger partial charge in [0.25, 0.3) is 0 Å². The Balaban J connectivity index is 1.24. The van der Waals surface area contributed by atoms with E-state index in [9.17, 15) is 4.39 Å². The second-order valence-electron chi connectivity index (χ2n) is 7.01. The lowest BCUT2D eigenvalue weighted by molar-refractivity contribution is 0.249. The summed E-state index contributed by atoms with van der Waals surface area (Å²) >= 11 is 6.31. The molecule has 0 spiro atoms. The second-order valence-corrected chi connectivity index (χ2v) is 7.42. The van der Waals surface area contributed by atoms with E-state index in [2.05, 4.69) is 26.2 Å². The van der Waals surface area contributed by atoms with Crippen molar-refractivity contribution in [2.24, 2.45) is 0 Å². The minimum atomic E-state index is -0.261. The molecule has 2 heterocycles. The molecule has 3 aromatic rings. The van der Waals surface area contributed by atoms with Gasteiger partial charge in [-0.25, -0.2) is 4.39 Å². The fraction of sp³-hybridized carbons (Fsp3) is 0.333. The van der Waals surface area contributed by atoms with Crippen LogP contribution in [0.3, 0.4) is 0 Å². The first-order valence-corrected chi connectivity index (χ1v) is 9.95. The smallest absolute Gasteiger partial charge is 0.123 e. The van der Waals surface area contributed by atoms with Gasteiger partial charge in [-0.2, -0.15) is 0 Å². The molecule has 0 aliphatic carbocycles. The minimum Gasteiger partial charge on any atom is -0.368 e. The number of anilines is 1. The van der Waals surface area contributed by atoms with E-state index in [1.165, 1.54) is 12.1 Å². The van der Waals surface area contributed by atoms with Crippen LogP contribution in [0.1, 0.15) is 6.42 Å². The summed E-state index contributed by atoms with van der Waals surface area (Å²) in [6.07, 6.45) is 2.88. The number of halogens is 2. The minimum absolute atomic E-state index is 0.261. The van der Waals surface area contributed by atoms with Gasteiger partial charge in [0.05, 0.1) is 16.9 Å². The molecule has 0 saturated carbocycles. The third-order valence-electron chi connectivity index (χ3n) is 5.09. The molecule has 28 heavy (non-hydrogen) atoms. The van der Waals surface area contributed by atoms with Crippen LogP contribution in [0.4, 0.5) is 10.1 Å². The Labute approximate surface area is 169 Å². The molecule has 7 heteroatoms. The summed E-state index contributed by atoms with van der Waals surface area (Å²) in [7, 11) is 0. The number of benzene rings is 2. The zero-order chi connectivity index (χ0) is 19.3. The normalized spacial score (nSPS) is 15.1. The van der Waals surface area contributed by atoms with Crippen molar-refractivity contribution in [2.75, 3.05) is 37.6 Å². The number of aromatic nitrogens is 3. The first-order valence-electron chi connectivity index (χ1n) is 9.57. The van der Waals surface area contributed by atoms with Crippen LogP contribution in [-0.4, -0.2) is 52.6 Å². The Morgan fingerprint density at radius 1 is 0.964 bits per heavy atom. The highest BCUT2D eigenvalue weighted by Crippen LogP contribution is 2.26. The highest BCUT2D eigenvalue weighted by atomic mass is 35.5. The number of para-hydroxylation sites is 1. The molecule has 0 atom stereocenters. The van der Waals surface area contributed by atoms with Crippen LogP contribution in [-0.2, 0) is 6.54 Å². The Kier molecular flexibility index (Phi) is 5.88. The predicted octanol–water partition coefficient (Wildman–Crippen LogP) is 3.95. The lowest BCUT2D eigenvalue weighted by Crippen LogP contribution is -2.46. The first-order chi connectivity index (χ1) is 13.7. The highest BCUT2D eigenvalue weighted by Gasteiger charge is 2.18. The standard InChI is InChI=1S/C21H23ClFN5/c22-19-7-1-2-8-21(19)27-13-11-26(12-14-27)9-4-10-28-16-20(24-25-28)17-5-3-6-18(23)15-17/h1-3,5-8,15-16H,4,9-14H2. The number of hydrogen-bond donors (Lipinski definition) is 0. The maximum Gasteiger partial charge on any atom is 0.123 e. The quantitative estimate of drug-likeness (QED) is 0.629. The average Bonchev–Trinajstić information content (AvgIpc) is 3.18. The van der Waals surface area contributed by atoms with Gasteiger partial charge in [0.1, 0.15) is 11.5 Å². The maximum absolute atomic E-state index is 13.4. The van der Waals surface area contributed by atoms with Crippen LogP contribution < -0.4 is 4.90 Å². The molecule has 1 aromatic heterocycles. The molecule has 0 amide bonds. The average molecular weight is 400 g/mol. The van der Waals surface area contributed by atoms with Crippen LogP contribution >= 0.6 is 11.6 Å². The van der Waals surface area contributed by atoms with Crippen LogP contribution in [0.2, 0.25) is 5.02 Å². The van der Waals surface area contributed by atoms with Gasteiger partial charge >= 0.3 is 0 Å². The fourth-order valence-electron chi connectivity index (χ4n) is 3.56. The van der Waals surface area contributed by atoms with Gasteiger partial charge in [-0.15, -0.1) is 5.10 Å². The van der Waals surface area contributed by atoms with Gasteiger partial charge in [-0.1, -0.05) is 41.1 Å². The third kappa shape index (κ3) is 4.51. The second kappa shape index (κ2) is 8.71. The summed E-state index contributed by atoms with van der Waals surface area (Å²) in [5, 5.41) is 9.14. The van der Waals surface area contributed by atoms with Crippen molar-refractivity contribution in [1.29, 1.82) is 0 Å². The number of rotatable bonds is 6. The molecular weight excluding hydrogens is 377 g/mol. The summed E-state index contributed by atoms with van der Waals surface area (Å²) in [5.74, 6) is -0.261. The van der Waals surface area contributed by atoms with Crippen molar-refractivity contribution < 1.29 is 4.39 Å². The maximum atomic E-state index is 13.4. The third-order valence-corrected chi connectivity index (χ3v) is 5.41. The lowest BCUT2D eigenvalue weighted by atomic mass is 10.2. The molecule has 0 bridgehead atoms. The summed E-state index contributed by atoms with van der Waals surface area (Å²) in [5.41, 5.74) is 2.58.